The first-order valence-corrected chi connectivity index (χ1v) is 10.8. The third-order valence-electron chi connectivity index (χ3n) is 5.24. The summed E-state index contributed by atoms with van der Waals surface area (Å²) >= 11 is 0. The highest BCUT2D eigenvalue weighted by Gasteiger charge is 2.10. The Morgan fingerprint density at radius 1 is 0.839 bits per heavy atom. The van der Waals surface area contributed by atoms with Crippen LogP contribution in [0.4, 0.5) is 5.69 Å². The number of hydrogen-bond acceptors (Lipinski definition) is 3. The molecule has 3 aromatic carbocycles. The average Bonchev–Trinajstić information content (AvgIpc) is 2.77. The van der Waals surface area contributed by atoms with Gasteiger partial charge in [0.05, 0.1) is 6.54 Å². The second kappa shape index (κ2) is 12.6. The van der Waals surface area contributed by atoms with Gasteiger partial charge in [0.25, 0.3) is 0 Å². The van der Waals surface area contributed by atoms with E-state index in [9.17, 15) is 9.90 Å². The number of para-hydroxylation sites is 2. The molecule has 0 unspecified atom stereocenters. The first kappa shape index (κ1) is 24.2. The van der Waals surface area contributed by atoms with Gasteiger partial charge in [-0.2, -0.15) is 0 Å². The molecule has 0 aromatic heterocycles. The predicted molar refractivity (Wildman–Crippen MR) is 130 cm³/mol. The molecule has 3 rings (SSSR count). The normalized spacial score (nSPS) is 10.4. The second-order valence-electron chi connectivity index (χ2n) is 7.57. The van der Waals surface area contributed by atoms with Crippen LogP contribution in [0.2, 0.25) is 0 Å². The molecule has 4 nitrogen and oxygen atoms in total. The van der Waals surface area contributed by atoms with Gasteiger partial charge in [-0.15, -0.1) is 0 Å². The lowest BCUT2D eigenvalue weighted by atomic mass is 10.0. The van der Waals surface area contributed by atoms with Crippen LogP contribution in [-0.2, 0) is 11.2 Å². The van der Waals surface area contributed by atoms with Crippen LogP contribution in [0.5, 0.6) is 5.75 Å². The van der Waals surface area contributed by atoms with Crippen LogP contribution >= 0.6 is 0 Å². The summed E-state index contributed by atoms with van der Waals surface area (Å²) < 4.78 is 0. The summed E-state index contributed by atoms with van der Waals surface area (Å²) in [6.45, 7) is 10.4. The van der Waals surface area contributed by atoms with E-state index in [2.05, 4.69) is 36.2 Å². The van der Waals surface area contributed by atoms with Crippen LogP contribution in [-0.4, -0.2) is 35.5 Å². The van der Waals surface area contributed by atoms with Gasteiger partial charge in [0.1, 0.15) is 5.75 Å². The van der Waals surface area contributed by atoms with E-state index in [0.29, 0.717) is 12.3 Å². The first-order valence-electron chi connectivity index (χ1n) is 10.8. The number of nitrogens with zero attached hydrogens (tertiary/aromatic N) is 1. The van der Waals surface area contributed by atoms with E-state index in [1.807, 2.05) is 68.4 Å². The monoisotopic (exact) mass is 418 g/mol. The van der Waals surface area contributed by atoms with Crippen LogP contribution in [0.15, 0.2) is 72.8 Å². The molecular formula is C27H34N2O2. The maximum atomic E-state index is 11.9. The van der Waals surface area contributed by atoms with Crippen LogP contribution in [0.1, 0.15) is 36.1 Å². The molecule has 164 valence electrons. The highest BCUT2D eigenvalue weighted by atomic mass is 16.3. The van der Waals surface area contributed by atoms with Crippen LogP contribution < -0.4 is 5.32 Å². The number of aromatic hydroxyl groups is 1. The fraction of sp³-hybridized carbons (Fsp3) is 0.296. The van der Waals surface area contributed by atoms with Gasteiger partial charge < -0.3 is 10.4 Å². The van der Waals surface area contributed by atoms with Crippen molar-refractivity contribution in [2.75, 3.05) is 25.0 Å². The molecule has 0 fully saturated rings. The molecule has 0 heterocycles. The molecule has 0 spiro atoms. The molecular weight excluding hydrogens is 384 g/mol. The molecule has 1 amide bonds. The minimum absolute atomic E-state index is 0.0612. The van der Waals surface area contributed by atoms with E-state index in [1.165, 1.54) is 5.56 Å². The van der Waals surface area contributed by atoms with E-state index in [4.69, 9.17) is 0 Å². The zero-order valence-electron chi connectivity index (χ0n) is 19.1. The quantitative estimate of drug-likeness (QED) is 0.528. The van der Waals surface area contributed by atoms with E-state index < -0.39 is 0 Å². The third-order valence-corrected chi connectivity index (χ3v) is 5.24. The van der Waals surface area contributed by atoms with Gasteiger partial charge in [0, 0.05) is 12.1 Å². The van der Waals surface area contributed by atoms with E-state index in [1.54, 1.807) is 6.07 Å². The summed E-state index contributed by atoms with van der Waals surface area (Å²) in [5.74, 6) is 0.433. The van der Waals surface area contributed by atoms with E-state index in [-0.39, 0.29) is 5.91 Å². The highest BCUT2D eigenvalue weighted by Crippen LogP contribution is 2.20. The van der Waals surface area contributed by atoms with Crippen molar-refractivity contribution in [2.45, 2.75) is 34.1 Å². The van der Waals surface area contributed by atoms with Gasteiger partial charge in [-0.05, 0) is 55.3 Å². The minimum atomic E-state index is 0.0612. The molecule has 3 aromatic rings. The van der Waals surface area contributed by atoms with Crippen molar-refractivity contribution in [1.82, 2.24) is 4.90 Å². The molecule has 0 aliphatic heterocycles. The highest BCUT2D eigenvalue weighted by molar-refractivity contribution is 5.93. The van der Waals surface area contributed by atoms with Gasteiger partial charge in [-0.25, -0.2) is 0 Å². The Morgan fingerprint density at radius 3 is 2.00 bits per heavy atom. The van der Waals surface area contributed by atoms with Crippen molar-refractivity contribution >= 4 is 11.6 Å². The largest absolute Gasteiger partial charge is 0.508 e. The summed E-state index contributed by atoms with van der Waals surface area (Å²) in [5.41, 5.74) is 5.35. The van der Waals surface area contributed by atoms with Gasteiger partial charge in [0.15, 0.2) is 0 Å². The van der Waals surface area contributed by atoms with Crippen molar-refractivity contribution in [3.05, 3.63) is 95.1 Å². The molecule has 0 saturated carbocycles. The Bertz CT molecular complexity index is 930. The average molecular weight is 419 g/mol. The smallest absolute Gasteiger partial charge is 0.238 e. The van der Waals surface area contributed by atoms with Crippen LogP contribution in [0.25, 0.3) is 0 Å². The van der Waals surface area contributed by atoms with Crippen molar-refractivity contribution in [3.63, 3.8) is 0 Å². The number of aryl methyl sites for hydroxylation is 2. The zero-order valence-corrected chi connectivity index (χ0v) is 19.1. The molecule has 0 saturated heterocycles. The topological polar surface area (TPSA) is 52.6 Å². The Hall–Kier alpha value is -3.11. The number of hydrogen-bond donors (Lipinski definition) is 2. The van der Waals surface area contributed by atoms with Crippen molar-refractivity contribution < 1.29 is 9.90 Å². The van der Waals surface area contributed by atoms with Crippen molar-refractivity contribution in [2.24, 2.45) is 0 Å². The van der Waals surface area contributed by atoms with Crippen molar-refractivity contribution in [3.8, 4) is 5.75 Å². The van der Waals surface area contributed by atoms with Gasteiger partial charge in [0.2, 0.25) is 5.91 Å². The number of rotatable bonds is 7. The van der Waals surface area contributed by atoms with Crippen LogP contribution in [0, 0.1) is 13.8 Å². The summed E-state index contributed by atoms with van der Waals surface area (Å²) in [4.78, 5) is 14.0. The van der Waals surface area contributed by atoms with E-state index >= 15 is 0 Å². The number of benzene rings is 3. The fourth-order valence-corrected chi connectivity index (χ4v) is 3.32. The Kier molecular flexibility index (Phi) is 9.79. The minimum Gasteiger partial charge on any atom is -0.508 e. The fourth-order valence-electron chi connectivity index (χ4n) is 3.32. The molecule has 0 bridgehead atoms. The molecule has 0 radical (unpaired) electrons. The van der Waals surface area contributed by atoms with Gasteiger partial charge in [-0.3, -0.25) is 9.69 Å². The summed E-state index contributed by atoms with van der Waals surface area (Å²) in [6.07, 6.45) is 0.785. The van der Waals surface area contributed by atoms with Crippen molar-refractivity contribution in [1.29, 1.82) is 0 Å². The second-order valence-corrected chi connectivity index (χ2v) is 7.57. The SMILES string of the molecule is CCN(CC)CC(=O)Nc1c(C)cccc1C.Oc1ccccc1Cc1ccccc1. The lowest BCUT2D eigenvalue weighted by Gasteiger charge is -2.18. The van der Waals surface area contributed by atoms with Gasteiger partial charge >= 0.3 is 0 Å². The number of carbonyl (C=O) groups is 1. The lowest BCUT2D eigenvalue weighted by molar-refractivity contribution is -0.117. The Morgan fingerprint density at radius 2 is 1.42 bits per heavy atom. The summed E-state index contributed by atoms with van der Waals surface area (Å²) in [5, 5.41) is 12.6. The molecule has 31 heavy (non-hydrogen) atoms. The molecule has 0 aliphatic rings. The molecule has 4 heteroatoms. The van der Waals surface area contributed by atoms with E-state index in [0.717, 1.165) is 41.9 Å². The molecule has 2 N–H and O–H groups in total. The molecule has 0 atom stereocenters. The number of phenols is 1. The number of likely N-dealkylation sites (N-methyl/N-ethyl adjacent to an activating group) is 1. The maximum absolute atomic E-state index is 11.9. The van der Waals surface area contributed by atoms with Gasteiger partial charge in [-0.1, -0.05) is 80.6 Å². The zero-order chi connectivity index (χ0) is 22.6. The third kappa shape index (κ3) is 7.91. The Balaban J connectivity index is 0.000000224. The maximum Gasteiger partial charge on any atom is 0.238 e. The Labute approximate surface area is 186 Å². The number of amides is 1. The summed E-state index contributed by atoms with van der Waals surface area (Å²) in [6, 6.07) is 23.6. The molecule has 0 aliphatic carbocycles. The number of carbonyl (C=O) groups excluding carboxylic acids is 1. The summed E-state index contributed by atoms with van der Waals surface area (Å²) in [7, 11) is 0. The first-order chi connectivity index (χ1) is 14.9. The number of nitrogens with one attached hydrogen (secondary N) is 1. The predicted octanol–water partition coefficient (Wildman–Crippen LogP) is 5.57. The van der Waals surface area contributed by atoms with Crippen LogP contribution in [0.3, 0.4) is 0 Å². The standard InChI is InChI=1S/C14H22N2O.C13H12O/c1-5-16(6-2)10-13(17)15-14-11(3)8-7-9-12(14)4;14-13-9-5-4-8-12(13)10-11-6-2-1-3-7-11/h7-9H,5-6,10H2,1-4H3,(H,15,17);1-9,14H,10H2. The number of anilines is 1. The lowest BCUT2D eigenvalue weighted by Crippen LogP contribution is -2.33. The number of phenolic OH excluding ortho intramolecular Hbond substituents is 1.